The van der Waals surface area contributed by atoms with Crippen molar-refractivity contribution in [1.82, 2.24) is 20.9 Å². The Morgan fingerprint density at radius 3 is 2.43 bits per heavy atom. The predicted molar refractivity (Wildman–Crippen MR) is 153 cm³/mol. The Hall–Kier alpha value is -3.52. The molecule has 0 fully saturated rings. The van der Waals surface area contributed by atoms with Crippen molar-refractivity contribution >= 4 is 29.9 Å². The van der Waals surface area contributed by atoms with E-state index in [0.29, 0.717) is 42.1 Å². The van der Waals surface area contributed by atoms with Crippen LogP contribution in [-0.2, 0) is 4.79 Å². The van der Waals surface area contributed by atoms with Gasteiger partial charge in [-0.1, -0.05) is 23.8 Å². The van der Waals surface area contributed by atoms with Crippen LogP contribution >= 0.6 is 0 Å². The van der Waals surface area contributed by atoms with E-state index in [0.717, 1.165) is 34.4 Å². The van der Waals surface area contributed by atoms with Gasteiger partial charge in [-0.15, -0.1) is 0 Å². The monoisotopic (exact) mass is 506 g/mol. The van der Waals surface area contributed by atoms with Crippen LogP contribution in [0, 0.1) is 5.41 Å². The van der Waals surface area contributed by atoms with Crippen LogP contribution in [0.3, 0.4) is 0 Å². The first kappa shape index (κ1) is 29.7. The van der Waals surface area contributed by atoms with E-state index < -0.39 is 0 Å². The fourth-order valence-corrected chi connectivity index (χ4v) is 4.53. The lowest BCUT2D eigenvalue weighted by molar-refractivity contribution is -0.108. The highest BCUT2D eigenvalue weighted by atomic mass is 16.1. The highest BCUT2D eigenvalue weighted by molar-refractivity contribution is 6.05. The van der Waals surface area contributed by atoms with Gasteiger partial charge < -0.3 is 26.7 Å². The highest BCUT2D eigenvalue weighted by Crippen LogP contribution is 2.34. The van der Waals surface area contributed by atoms with E-state index in [1.165, 1.54) is 6.21 Å². The summed E-state index contributed by atoms with van der Waals surface area (Å²) in [5.41, 5.74) is 5.73. The number of hydrogen-bond donors (Lipinski definition) is 5. The highest BCUT2D eigenvalue weighted by Gasteiger charge is 2.33. The van der Waals surface area contributed by atoms with Crippen molar-refractivity contribution in [3.05, 3.63) is 64.0 Å². The van der Waals surface area contributed by atoms with Gasteiger partial charge in [0, 0.05) is 41.6 Å². The fourth-order valence-electron chi connectivity index (χ4n) is 4.53. The molecule has 200 valence electrons. The zero-order chi connectivity index (χ0) is 28.0. The van der Waals surface area contributed by atoms with Crippen LogP contribution in [0.15, 0.2) is 47.2 Å². The molecule has 0 aromatic carbocycles. The molecule has 1 aliphatic rings. The summed E-state index contributed by atoms with van der Waals surface area (Å²) in [5, 5.41) is 20.6. The second kappa shape index (κ2) is 12.1. The van der Waals surface area contributed by atoms with E-state index in [1.807, 2.05) is 26.8 Å². The van der Waals surface area contributed by atoms with Crippen LogP contribution in [0.25, 0.3) is 5.57 Å². The Morgan fingerprint density at radius 2 is 1.86 bits per heavy atom. The summed E-state index contributed by atoms with van der Waals surface area (Å²) in [6, 6.07) is 1.79. The second-order valence-electron chi connectivity index (χ2n) is 11.1. The maximum Gasteiger partial charge on any atom is 0.252 e. The minimum absolute atomic E-state index is 0.146. The lowest BCUT2D eigenvalue weighted by Gasteiger charge is -2.41. The van der Waals surface area contributed by atoms with Gasteiger partial charge >= 0.3 is 0 Å². The van der Waals surface area contributed by atoms with Crippen molar-refractivity contribution in [3.8, 4) is 0 Å². The van der Waals surface area contributed by atoms with E-state index >= 15 is 0 Å². The number of carbonyl (C=O) groups is 2. The average molecular weight is 507 g/mol. The molecule has 8 nitrogen and oxygen atoms in total. The molecule has 1 aromatic rings. The first-order chi connectivity index (χ1) is 17.2. The molecule has 0 atom stereocenters. The molecule has 37 heavy (non-hydrogen) atoms. The quantitative estimate of drug-likeness (QED) is 0.129. The number of nitrogens with one attached hydrogen (secondary N) is 5. The fraction of sp³-hybridized carbons (Fsp3) is 0.448. The van der Waals surface area contributed by atoms with Crippen molar-refractivity contribution < 1.29 is 9.59 Å². The number of amides is 2. The molecule has 8 heteroatoms. The molecule has 5 N–H and O–H groups in total. The van der Waals surface area contributed by atoms with Crippen molar-refractivity contribution in [1.29, 1.82) is 5.41 Å². The van der Waals surface area contributed by atoms with Crippen LogP contribution in [0.1, 0.15) is 83.4 Å². The summed E-state index contributed by atoms with van der Waals surface area (Å²) < 4.78 is 0. The molecular weight excluding hydrogens is 464 g/mol. The van der Waals surface area contributed by atoms with E-state index in [-0.39, 0.29) is 17.0 Å². The molecule has 0 unspecified atom stereocenters. The number of carbonyl (C=O) groups excluding carboxylic acids is 2. The summed E-state index contributed by atoms with van der Waals surface area (Å²) in [4.78, 5) is 29.0. The zero-order valence-corrected chi connectivity index (χ0v) is 23.5. The second-order valence-corrected chi connectivity index (χ2v) is 11.1. The number of pyridine rings is 1. The molecule has 0 spiro atoms. The van der Waals surface area contributed by atoms with Crippen LogP contribution < -0.4 is 21.3 Å². The molecule has 0 radical (unpaired) electrons. The van der Waals surface area contributed by atoms with Crippen LogP contribution in [0.5, 0.6) is 0 Å². The molecule has 2 rings (SSSR count). The molecule has 2 heterocycles. The van der Waals surface area contributed by atoms with E-state index in [9.17, 15) is 9.59 Å². The van der Waals surface area contributed by atoms with Gasteiger partial charge in [0.25, 0.3) is 5.91 Å². The van der Waals surface area contributed by atoms with Gasteiger partial charge in [0.1, 0.15) is 5.82 Å². The molecule has 0 saturated heterocycles. The normalized spacial score (nSPS) is 17.2. The van der Waals surface area contributed by atoms with Crippen molar-refractivity contribution in [3.63, 3.8) is 0 Å². The minimum Gasteiger partial charge on any atom is -0.366 e. The number of anilines is 1. The third kappa shape index (κ3) is 8.53. The van der Waals surface area contributed by atoms with Crippen LogP contribution in [-0.4, -0.2) is 47.7 Å². The summed E-state index contributed by atoms with van der Waals surface area (Å²) in [6.07, 6.45) is 6.57. The van der Waals surface area contributed by atoms with Crippen molar-refractivity contribution in [2.45, 2.75) is 72.9 Å². The SMILES string of the molecule is C=C(C)CNc1nc(C2=CC(C)(C)NC(C)(C)C2)cc(C(=O)NC/C(C)=C(C)/C=C(/C)NC=O)c1C=N. The molecule has 0 saturated carbocycles. The maximum atomic E-state index is 13.4. The summed E-state index contributed by atoms with van der Waals surface area (Å²) in [5.74, 6) is 0.199. The number of allylic oxidation sites excluding steroid dienone is 3. The first-order valence-electron chi connectivity index (χ1n) is 12.5. The van der Waals surface area contributed by atoms with Gasteiger partial charge in [-0.05, 0) is 85.1 Å². The molecule has 0 aliphatic carbocycles. The van der Waals surface area contributed by atoms with Gasteiger partial charge in [-0.2, -0.15) is 0 Å². The number of hydrogen-bond acceptors (Lipinski definition) is 6. The Morgan fingerprint density at radius 1 is 1.19 bits per heavy atom. The Bertz CT molecular complexity index is 1170. The molecule has 2 amide bonds. The number of aromatic nitrogens is 1. The van der Waals surface area contributed by atoms with Crippen molar-refractivity contribution in [2.24, 2.45) is 0 Å². The molecule has 0 bridgehead atoms. The zero-order valence-electron chi connectivity index (χ0n) is 23.5. The molecular formula is C29H42N6O2. The van der Waals surface area contributed by atoms with Crippen molar-refractivity contribution in [2.75, 3.05) is 18.4 Å². The minimum atomic E-state index is -0.285. The molecule has 1 aliphatic heterocycles. The van der Waals surface area contributed by atoms with Gasteiger partial charge in [-0.3, -0.25) is 9.59 Å². The largest absolute Gasteiger partial charge is 0.366 e. The van der Waals surface area contributed by atoms with E-state index in [2.05, 4.69) is 61.6 Å². The van der Waals surface area contributed by atoms with Crippen LogP contribution in [0.4, 0.5) is 5.82 Å². The lowest BCUT2D eigenvalue weighted by Crippen LogP contribution is -2.53. The summed E-state index contributed by atoms with van der Waals surface area (Å²) >= 11 is 0. The smallest absolute Gasteiger partial charge is 0.252 e. The van der Waals surface area contributed by atoms with E-state index in [1.54, 1.807) is 13.0 Å². The summed E-state index contributed by atoms with van der Waals surface area (Å²) in [6.45, 7) is 20.9. The first-order valence-corrected chi connectivity index (χ1v) is 12.5. The van der Waals surface area contributed by atoms with E-state index in [4.69, 9.17) is 10.4 Å². The number of rotatable bonds is 11. The Labute approximate surface area is 221 Å². The standard InChI is InChI=1S/C29H42N6O2/c1-18(2)15-31-26-24(14-30)23(27(37)32-16-20(4)19(3)10-21(5)33-17-36)11-25(34-26)22-12-28(6,7)35-29(8,9)13-22/h10-12,14,17,30,35H,1,13,15-16H2,2-9H3,(H,31,34)(H,32,37)(H,33,36)/b20-19+,21-10-,30-14?. The number of nitrogens with zero attached hydrogens (tertiary/aromatic N) is 1. The lowest BCUT2D eigenvalue weighted by atomic mass is 9.82. The maximum absolute atomic E-state index is 13.4. The van der Waals surface area contributed by atoms with Crippen LogP contribution in [0.2, 0.25) is 0 Å². The van der Waals surface area contributed by atoms with Gasteiger partial charge in [0.2, 0.25) is 6.41 Å². The Balaban J connectivity index is 2.51. The molecule has 1 aromatic heterocycles. The topological polar surface area (TPSA) is 119 Å². The van der Waals surface area contributed by atoms with Gasteiger partial charge in [0.15, 0.2) is 0 Å². The third-order valence-electron chi connectivity index (χ3n) is 6.07. The van der Waals surface area contributed by atoms with Gasteiger partial charge in [-0.25, -0.2) is 4.98 Å². The van der Waals surface area contributed by atoms with Gasteiger partial charge in [0.05, 0.1) is 11.3 Å². The third-order valence-corrected chi connectivity index (χ3v) is 6.07. The average Bonchev–Trinajstić information content (AvgIpc) is 2.78. The summed E-state index contributed by atoms with van der Waals surface area (Å²) in [7, 11) is 0. The Kier molecular flexibility index (Phi) is 9.75. The predicted octanol–water partition coefficient (Wildman–Crippen LogP) is 4.72.